The Hall–Kier alpha value is -3.14. The topological polar surface area (TPSA) is 125 Å². The predicted molar refractivity (Wildman–Crippen MR) is 123 cm³/mol. The largest absolute Gasteiger partial charge is 0.508 e. The fourth-order valence-corrected chi connectivity index (χ4v) is 3.52. The van der Waals surface area contributed by atoms with Crippen molar-refractivity contribution >= 4 is 24.0 Å². The molecule has 0 bridgehead atoms. The minimum atomic E-state index is -0.648. The van der Waals surface area contributed by atoms with Gasteiger partial charge in [-0.25, -0.2) is 0 Å². The summed E-state index contributed by atoms with van der Waals surface area (Å²) in [6, 6.07) is 14.8. The summed E-state index contributed by atoms with van der Waals surface area (Å²) in [5.41, 5.74) is 8.86. The number of aromatic hydroxyl groups is 1. The molecular formula is C22H27ClN6O3. The summed E-state index contributed by atoms with van der Waals surface area (Å²) in [4.78, 5) is 14.4. The number of ether oxygens (including phenoxy) is 1. The molecule has 1 saturated heterocycles. The maximum absolute atomic E-state index is 12.1. The molecule has 10 heteroatoms. The Labute approximate surface area is 192 Å². The lowest BCUT2D eigenvalue weighted by Gasteiger charge is -2.26. The molecule has 0 radical (unpaired) electrons. The van der Waals surface area contributed by atoms with Crippen LogP contribution < -0.4 is 16.4 Å². The third kappa shape index (κ3) is 5.97. The molecule has 32 heavy (non-hydrogen) atoms. The van der Waals surface area contributed by atoms with Gasteiger partial charge in [-0.2, -0.15) is 5.11 Å². The van der Waals surface area contributed by atoms with Crippen molar-refractivity contribution in [2.24, 2.45) is 16.0 Å². The van der Waals surface area contributed by atoms with Gasteiger partial charge >= 0.3 is 0 Å². The summed E-state index contributed by atoms with van der Waals surface area (Å²) >= 11 is 0. The number of hydrogen-bond donors (Lipinski definition) is 4. The van der Waals surface area contributed by atoms with E-state index in [0.717, 1.165) is 44.1 Å². The highest BCUT2D eigenvalue weighted by molar-refractivity contribution is 5.94. The summed E-state index contributed by atoms with van der Waals surface area (Å²) in [6.07, 6.45) is -0.648. The van der Waals surface area contributed by atoms with Crippen LogP contribution in [0.4, 0.5) is 5.69 Å². The number of nitrogens with one attached hydrogen (secondary N) is 2. The van der Waals surface area contributed by atoms with E-state index < -0.39 is 12.1 Å². The average molecular weight is 459 g/mol. The van der Waals surface area contributed by atoms with Gasteiger partial charge in [0.1, 0.15) is 11.3 Å². The molecular weight excluding hydrogens is 432 g/mol. The van der Waals surface area contributed by atoms with Crippen LogP contribution in [0.15, 0.2) is 70.2 Å². The van der Waals surface area contributed by atoms with Gasteiger partial charge < -0.3 is 26.2 Å². The Morgan fingerprint density at radius 2 is 1.75 bits per heavy atom. The highest BCUT2D eigenvalue weighted by Crippen LogP contribution is 2.23. The second-order valence-electron chi connectivity index (χ2n) is 7.49. The molecule has 0 spiro atoms. The summed E-state index contributed by atoms with van der Waals surface area (Å²) in [7, 11) is 0. The normalized spacial score (nSPS) is 18.3. The second kappa shape index (κ2) is 10.9. The minimum absolute atomic E-state index is 0. The van der Waals surface area contributed by atoms with Crippen LogP contribution in [0.1, 0.15) is 11.1 Å². The van der Waals surface area contributed by atoms with Gasteiger partial charge in [0, 0.05) is 31.9 Å². The van der Waals surface area contributed by atoms with E-state index in [1.807, 2.05) is 12.1 Å². The number of phenols is 1. The average Bonchev–Trinajstić information content (AvgIpc) is 3.18. The Bertz CT molecular complexity index is 972. The van der Waals surface area contributed by atoms with Crippen molar-refractivity contribution in [2.75, 3.05) is 31.6 Å². The first kappa shape index (κ1) is 23.5. The van der Waals surface area contributed by atoms with E-state index in [-0.39, 0.29) is 23.7 Å². The van der Waals surface area contributed by atoms with Gasteiger partial charge in [-0.05, 0) is 35.4 Å². The molecule has 9 nitrogen and oxygen atoms in total. The molecule has 2 aromatic rings. The molecule has 0 saturated carbocycles. The number of hydrogen-bond acceptors (Lipinski definition) is 8. The number of amides is 1. The van der Waals surface area contributed by atoms with E-state index in [0.29, 0.717) is 12.4 Å². The van der Waals surface area contributed by atoms with E-state index in [2.05, 4.69) is 37.9 Å². The molecule has 170 valence electrons. The number of anilines is 1. The number of phenolic OH excluding ortho intramolecular Hbond substituents is 1. The standard InChI is InChI=1S/C22H26N6O3.ClH/c23-20(30)19-21(24-13-15-3-7-18(29)8-4-15)26-27-22(19)25-17-5-1-16(2-6-17)14-28-9-11-31-12-10-28;/h1-8,22,24-25,29H,9-14H2,(H2,23,30);1H. The van der Waals surface area contributed by atoms with Gasteiger partial charge in [0.2, 0.25) is 0 Å². The van der Waals surface area contributed by atoms with E-state index in [1.54, 1.807) is 24.3 Å². The number of carbonyl (C=O) groups excluding carboxylic acids is 1. The fourth-order valence-electron chi connectivity index (χ4n) is 3.52. The van der Waals surface area contributed by atoms with Crippen LogP contribution in [0.25, 0.3) is 0 Å². The number of primary amides is 1. The van der Waals surface area contributed by atoms with Crippen molar-refractivity contribution in [3.05, 3.63) is 71.1 Å². The number of benzene rings is 2. The van der Waals surface area contributed by atoms with Crippen molar-refractivity contribution < 1.29 is 14.6 Å². The highest BCUT2D eigenvalue weighted by Gasteiger charge is 2.28. The molecule has 2 heterocycles. The molecule has 2 aromatic carbocycles. The zero-order valence-corrected chi connectivity index (χ0v) is 18.3. The lowest BCUT2D eigenvalue weighted by Crippen LogP contribution is -2.35. The van der Waals surface area contributed by atoms with E-state index in [1.165, 1.54) is 5.56 Å². The van der Waals surface area contributed by atoms with Crippen molar-refractivity contribution in [1.82, 2.24) is 10.2 Å². The maximum Gasteiger partial charge on any atom is 0.252 e. The number of nitrogens with zero attached hydrogens (tertiary/aromatic N) is 3. The Kier molecular flexibility index (Phi) is 8.04. The number of morpholine rings is 1. The SMILES string of the molecule is Cl.NC(=O)C1=C(NCc2ccc(O)cc2)N=NC1Nc1ccc(CN2CCOCC2)cc1. The molecule has 1 fully saturated rings. The zero-order valence-electron chi connectivity index (χ0n) is 17.5. The van der Waals surface area contributed by atoms with Crippen LogP contribution in [0, 0.1) is 0 Å². The van der Waals surface area contributed by atoms with Gasteiger partial charge in [-0.15, -0.1) is 17.5 Å². The molecule has 5 N–H and O–H groups in total. The Balaban J connectivity index is 0.00000289. The fraction of sp³-hybridized carbons (Fsp3) is 0.318. The first-order valence-electron chi connectivity index (χ1n) is 10.2. The van der Waals surface area contributed by atoms with Crippen LogP contribution >= 0.6 is 12.4 Å². The van der Waals surface area contributed by atoms with Crippen LogP contribution in [-0.2, 0) is 22.6 Å². The zero-order chi connectivity index (χ0) is 21.6. The lowest BCUT2D eigenvalue weighted by molar-refractivity contribution is -0.114. The van der Waals surface area contributed by atoms with Crippen molar-refractivity contribution in [3.8, 4) is 5.75 Å². The lowest BCUT2D eigenvalue weighted by atomic mass is 10.1. The van der Waals surface area contributed by atoms with Crippen LogP contribution in [-0.4, -0.2) is 48.4 Å². The monoisotopic (exact) mass is 458 g/mol. The molecule has 1 atom stereocenters. The molecule has 1 unspecified atom stereocenters. The quantitative estimate of drug-likeness (QED) is 0.481. The Morgan fingerprint density at radius 3 is 2.41 bits per heavy atom. The van der Waals surface area contributed by atoms with E-state index in [4.69, 9.17) is 10.5 Å². The third-order valence-corrected chi connectivity index (χ3v) is 5.23. The number of nitrogens with two attached hydrogens (primary N) is 1. The van der Waals surface area contributed by atoms with Crippen LogP contribution in [0.2, 0.25) is 0 Å². The van der Waals surface area contributed by atoms with Crippen molar-refractivity contribution in [1.29, 1.82) is 0 Å². The predicted octanol–water partition coefficient (Wildman–Crippen LogP) is 2.34. The van der Waals surface area contributed by atoms with Crippen molar-refractivity contribution in [3.63, 3.8) is 0 Å². The number of azo groups is 1. The van der Waals surface area contributed by atoms with Crippen LogP contribution in [0.5, 0.6) is 5.75 Å². The van der Waals surface area contributed by atoms with E-state index >= 15 is 0 Å². The van der Waals surface area contributed by atoms with Crippen molar-refractivity contribution in [2.45, 2.75) is 19.3 Å². The number of rotatable bonds is 8. The van der Waals surface area contributed by atoms with Gasteiger partial charge in [0.05, 0.1) is 13.2 Å². The first-order chi connectivity index (χ1) is 15.1. The smallest absolute Gasteiger partial charge is 0.252 e. The Morgan fingerprint density at radius 1 is 1.09 bits per heavy atom. The van der Waals surface area contributed by atoms with Gasteiger partial charge in [0.25, 0.3) is 5.91 Å². The highest BCUT2D eigenvalue weighted by atomic mass is 35.5. The summed E-state index contributed by atoms with van der Waals surface area (Å²) in [6.45, 7) is 4.73. The minimum Gasteiger partial charge on any atom is -0.508 e. The summed E-state index contributed by atoms with van der Waals surface area (Å²) < 4.78 is 5.39. The molecule has 2 aliphatic heterocycles. The third-order valence-electron chi connectivity index (χ3n) is 5.23. The first-order valence-corrected chi connectivity index (χ1v) is 10.2. The van der Waals surface area contributed by atoms with Crippen LogP contribution in [0.3, 0.4) is 0 Å². The summed E-state index contributed by atoms with van der Waals surface area (Å²) in [5.74, 6) is -0.0387. The number of carbonyl (C=O) groups is 1. The van der Waals surface area contributed by atoms with Gasteiger partial charge in [-0.3, -0.25) is 9.69 Å². The molecule has 0 aromatic heterocycles. The molecule has 1 amide bonds. The van der Waals surface area contributed by atoms with Gasteiger partial charge in [0.15, 0.2) is 12.0 Å². The molecule has 0 aliphatic carbocycles. The summed E-state index contributed by atoms with van der Waals surface area (Å²) in [5, 5.41) is 24.0. The van der Waals surface area contributed by atoms with E-state index in [9.17, 15) is 9.90 Å². The van der Waals surface area contributed by atoms with Gasteiger partial charge in [-0.1, -0.05) is 24.3 Å². The second-order valence-corrected chi connectivity index (χ2v) is 7.49. The number of halogens is 1. The molecule has 4 rings (SSSR count). The molecule has 2 aliphatic rings. The maximum atomic E-state index is 12.1.